The molecule has 2 amide bonds. The van der Waals surface area contributed by atoms with Crippen LogP contribution in [0.3, 0.4) is 0 Å². The number of ether oxygens (including phenoxy) is 1. The van der Waals surface area contributed by atoms with E-state index in [1.165, 1.54) is 17.0 Å². The quantitative estimate of drug-likeness (QED) is 0.923. The Morgan fingerprint density at radius 2 is 1.91 bits per heavy atom. The second-order valence-corrected chi connectivity index (χ2v) is 4.85. The van der Waals surface area contributed by atoms with Gasteiger partial charge >= 0.3 is 6.03 Å². The number of rotatable bonds is 5. The Morgan fingerprint density at radius 1 is 1.23 bits per heavy atom. The predicted molar refractivity (Wildman–Crippen MR) is 80.9 cm³/mol. The van der Waals surface area contributed by atoms with Gasteiger partial charge in [-0.3, -0.25) is 0 Å². The third-order valence-electron chi connectivity index (χ3n) is 3.13. The van der Waals surface area contributed by atoms with Crippen LogP contribution in [0, 0.1) is 5.82 Å². The second kappa shape index (κ2) is 7.40. The van der Waals surface area contributed by atoms with Crippen molar-refractivity contribution < 1.29 is 13.9 Å². The minimum Gasteiger partial charge on any atom is -0.481 e. The molecule has 1 aromatic heterocycles. The Morgan fingerprint density at radius 3 is 2.50 bits per heavy atom. The standard InChI is InChI=1S/C16H18FN3O2/c1-20(11-12-3-6-14(17)7-4-12)16(21)19-10-13-5-8-15(22-2)18-9-13/h3-9H,10-11H2,1-2H3,(H,19,21). The molecule has 1 N–H and O–H groups in total. The van der Waals surface area contributed by atoms with Crippen LogP contribution in [0.25, 0.3) is 0 Å². The van der Waals surface area contributed by atoms with Crippen LogP contribution in [0.4, 0.5) is 9.18 Å². The number of aromatic nitrogens is 1. The fourth-order valence-corrected chi connectivity index (χ4v) is 1.88. The highest BCUT2D eigenvalue weighted by molar-refractivity contribution is 5.73. The summed E-state index contributed by atoms with van der Waals surface area (Å²) in [6.45, 7) is 0.788. The maximum atomic E-state index is 12.8. The predicted octanol–water partition coefficient (Wildman–Crippen LogP) is 2.57. The van der Waals surface area contributed by atoms with E-state index in [0.29, 0.717) is 19.0 Å². The molecule has 1 heterocycles. The Bertz CT molecular complexity index is 614. The number of methoxy groups -OCH3 is 1. The van der Waals surface area contributed by atoms with E-state index in [4.69, 9.17) is 4.74 Å². The Balaban J connectivity index is 1.84. The van der Waals surface area contributed by atoms with Crippen LogP contribution in [-0.4, -0.2) is 30.1 Å². The van der Waals surface area contributed by atoms with Crippen molar-refractivity contribution in [3.8, 4) is 5.88 Å². The first kappa shape index (κ1) is 15.8. The zero-order chi connectivity index (χ0) is 15.9. The van der Waals surface area contributed by atoms with Crippen molar-refractivity contribution in [3.63, 3.8) is 0 Å². The van der Waals surface area contributed by atoms with Gasteiger partial charge in [0.2, 0.25) is 5.88 Å². The molecule has 6 heteroatoms. The summed E-state index contributed by atoms with van der Waals surface area (Å²) in [4.78, 5) is 17.6. The monoisotopic (exact) mass is 303 g/mol. The van der Waals surface area contributed by atoms with Crippen LogP contribution in [0.15, 0.2) is 42.6 Å². The third-order valence-corrected chi connectivity index (χ3v) is 3.13. The lowest BCUT2D eigenvalue weighted by molar-refractivity contribution is 0.206. The number of pyridine rings is 1. The summed E-state index contributed by atoms with van der Waals surface area (Å²) in [6, 6.07) is 9.45. The Labute approximate surface area is 128 Å². The summed E-state index contributed by atoms with van der Waals surface area (Å²) < 4.78 is 17.8. The van der Waals surface area contributed by atoms with Gasteiger partial charge < -0.3 is 15.0 Å². The van der Waals surface area contributed by atoms with Gasteiger partial charge in [0.25, 0.3) is 0 Å². The molecule has 0 bridgehead atoms. The molecule has 1 aromatic carbocycles. The van der Waals surface area contributed by atoms with E-state index >= 15 is 0 Å². The van der Waals surface area contributed by atoms with Crippen LogP contribution in [0.2, 0.25) is 0 Å². The molecule has 0 unspecified atom stereocenters. The molecule has 0 spiro atoms. The summed E-state index contributed by atoms with van der Waals surface area (Å²) in [5.74, 6) is 0.242. The number of nitrogens with zero attached hydrogens (tertiary/aromatic N) is 2. The molecule has 22 heavy (non-hydrogen) atoms. The number of carbonyl (C=O) groups is 1. The van der Waals surface area contributed by atoms with Gasteiger partial charge in [0, 0.05) is 32.4 Å². The van der Waals surface area contributed by atoms with E-state index < -0.39 is 0 Å². The van der Waals surface area contributed by atoms with Crippen LogP contribution in [0.1, 0.15) is 11.1 Å². The summed E-state index contributed by atoms with van der Waals surface area (Å²) in [7, 11) is 3.24. The molecule has 0 atom stereocenters. The first-order valence-electron chi connectivity index (χ1n) is 6.81. The van der Waals surface area contributed by atoms with Crippen molar-refractivity contribution in [2.75, 3.05) is 14.2 Å². The van der Waals surface area contributed by atoms with Gasteiger partial charge in [-0.25, -0.2) is 14.2 Å². The first-order valence-corrected chi connectivity index (χ1v) is 6.81. The number of hydrogen-bond donors (Lipinski definition) is 1. The normalized spacial score (nSPS) is 10.1. The number of amides is 2. The number of carbonyl (C=O) groups excluding carboxylic acids is 1. The average molecular weight is 303 g/mol. The highest BCUT2D eigenvalue weighted by Gasteiger charge is 2.09. The Hall–Kier alpha value is -2.63. The van der Waals surface area contributed by atoms with Crippen LogP contribution >= 0.6 is 0 Å². The molecular formula is C16H18FN3O2. The fraction of sp³-hybridized carbons (Fsp3) is 0.250. The molecule has 0 saturated carbocycles. The average Bonchev–Trinajstić information content (AvgIpc) is 2.55. The van der Waals surface area contributed by atoms with Gasteiger partial charge in [-0.15, -0.1) is 0 Å². The summed E-state index contributed by atoms with van der Waals surface area (Å²) >= 11 is 0. The lowest BCUT2D eigenvalue weighted by atomic mass is 10.2. The van der Waals surface area contributed by atoms with Crippen LogP contribution < -0.4 is 10.1 Å². The van der Waals surface area contributed by atoms with E-state index in [-0.39, 0.29) is 11.8 Å². The van der Waals surface area contributed by atoms with E-state index in [9.17, 15) is 9.18 Å². The van der Waals surface area contributed by atoms with E-state index in [1.807, 2.05) is 6.07 Å². The third kappa shape index (κ3) is 4.44. The summed E-state index contributed by atoms with van der Waals surface area (Å²) in [6.07, 6.45) is 1.65. The molecular weight excluding hydrogens is 285 g/mol. The number of urea groups is 1. The Kier molecular flexibility index (Phi) is 5.30. The minimum atomic E-state index is -0.289. The number of benzene rings is 1. The SMILES string of the molecule is COc1ccc(CNC(=O)N(C)Cc2ccc(F)cc2)cn1. The van der Waals surface area contributed by atoms with Crippen molar-refractivity contribution in [1.82, 2.24) is 15.2 Å². The molecule has 2 aromatic rings. The molecule has 0 aliphatic heterocycles. The molecule has 0 aliphatic carbocycles. The van der Waals surface area contributed by atoms with Gasteiger partial charge in [0.15, 0.2) is 0 Å². The highest BCUT2D eigenvalue weighted by atomic mass is 19.1. The van der Waals surface area contributed by atoms with Gasteiger partial charge in [-0.1, -0.05) is 18.2 Å². The van der Waals surface area contributed by atoms with Gasteiger partial charge in [0.1, 0.15) is 5.82 Å². The van der Waals surface area contributed by atoms with E-state index in [2.05, 4.69) is 10.3 Å². The van der Waals surface area contributed by atoms with E-state index in [1.54, 1.807) is 38.6 Å². The number of hydrogen-bond acceptors (Lipinski definition) is 3. The molecule has 0 radical (unpaired) electrons. The second-order valence-electron chi connectivity index (χ2n) is 4.85. The maximum absolute atomic E-state index is 12.8. The lowest BCUT2D eigenvalue weighted by Crippen LogP contribution is -2.36. The van der Waals surface area contributed by atoms with Gasteiger partial charge in [0.05, 0.1) is 7.11 Å². The van der Waals surface area contributed by atoms with Crippen molar-refractivity contribution in [2.24, 2.45) is 0 Å². The van der Waals surface area contributed by atoms with Gasteiger partial charge in [-0.05, 0) is 23.3 Å². The molecule has 0 aliphatic rings. The van der Waals surface area contributed by atoms with E-state index in [0.717, 1.165) is 11.1 Å². The van der Waals surface area contributed by atoms with Gasteiger partial charge in [-0.2, -0.15) is 0 Å². The smallest absolute Gasteiger partial charge is 0.317 e. The lowest BCUT2D eigenvalue weighted by Gasteiger charge is -2.18. The number of halogens is 1. The summed E-state index contributed by atoms with van der Waals surface area (Å²) in [5, 5.41) is 2.80. The first-order chi connectivity index (χ1) is 10.6. The molecule has 5 nitrogen and oxygen atoms in total. The summed E-state index contributed by atoms with van der Waals surface area (Å²) in [5.41, 5.74) is 1.74. The highest BCUT2D eigenvalue weighted by Crippen LogP contribution is 2.08. The number of nitrogens with one attached hydrogen (secondary N) is 1. The van der Waals surface area contributed by atoms with Crippen LogP contribution in [-0.2, 0) is 13.1 Å². The van der Waals surface area contributed by atoms with Crippen molar-refractivity contribution in [3.05, 3.63) is 59.5 Å². The minimum absolute atomic E-state index is 0.208. The maximum Gasteiger partial charge on any atom is 0.317 e. The zero-order valence-electron chi connectivity index (χ0n) is 12.5. The zero-order valence-corrected chi connectivity index (χ0v) is 12.5. The topological polar surface area (TPSA) is 54.5 Å². The molecule has 0 saturated heterocycles. The largest absolute Gasteiger partial charge is 0.481 e. The van der Waals surface area contributed by atoms with Crippen LogP contribution in [0.5, 0.6) is 5.88 Å². The molecule has 2 rings (SSSR count). The van der Waals surface area contributed by atoms with Crippen molar-refractivity contribution in [1.29, 1.82) is 0 Å². The fourth-order valence-electron chi connectivity index (χ4n) is 1.88. The van der Waals surface area contributed by atoms with Crippen molar-refractivity contribution >= 4 is 6.03 Å². The molecule has 116 valence electrons. The van der Waals surface area contributed by atoms with Crippen molar-refractivity contribution in [2.45, 2.75) is 13.1 Å². The molecule has 0 fully saturated rings.